The second-order valence-electron chi connectivity index (χ2n) is 7.91. The Labute approximate surface area is 224 Å². The second-order valence-corrected chi connectivity index (χ2v) is 8.35. The van der Waals surface area contributed by atoms with E-state index in [4.69, 9.17) is 16.3 Å². The van der Waals surface area contributed by atoms with Crippen molar-refractivity contribution in [2.24, 2.45) is 5.10 Å². The third kappa shape index (κ3) is 7.25. The molecular formula is C30H22ClN3O4. The van der Waals surface area contributed by atoms with Crippen molar-refractivity contribution in [1.82, 2.24) is 5.43 Å². The van der Waals surface area contributed by atoms with E-state index in [1.807, 2.05) is 30.3 Å². The highest BCUT2D eigenvalue weighted by atomic mass is 35.5. The highest BCUT2D eigenvalue weighted by Gasteiger charge is 2.14. The number of para-hydroxylation sites is 2. The van der Waals surface area contributed by atoms with Crippen molar-refractivity contribution in [3.05, 3.63) is 136 Å². The summed E-state index contributed by atoms with van der Waals surface area (Å²) in [4.78, 5) is 37.7. The second kappa shape index (κ2) is 12.8. The minimum absolute atomic E-state index is 0.220. The van der Waals surface area contributed by atoms with Crippen LogP contribution in [0.4, 0.5) is 5.69 Å². The van der Waals surface area contributed by atoms with Crippen LogP contribution in [0.15, 0.2) is 114 Å². The molecule has 7 nitrogen and oxygen atoms in total. The third-order valence-corrected chi connectivity index (χ3v) is 5.49. The molecule has 0 aliphatic rings. The molecule has 0 bridgehead atoms. The first-order valence-corrected chi connectivity index (χ1v) is 11.9. The summed E-state index contributed by atoms with van der Waals surface area (Å²) in [5.41, 5.74) is 4.73. The van der Waals surface area contributed by atoms with Crippen LogP contribution in [0.25, 0.3) is 6.08 Å². The molecular weight excluding hydrogens is 502 g/mol. The quantitative estimate of drug-likeness (QED) is 0.0976. The van der Waals surface area contributed by atoms with E-state index in [9.17, 15) is 14.4 Å². The Morgan fingerprint density at radius 1 is 0.763 bits per heavy atom. The minimum atomic E-state index is -0.552. The zero-order valence-electron chi connectivity index (χ0n) is 20.0. The van der Waals surface area contributed by atoms with Crippen LogP contribution < -0.4 is 15.5 Å². The van der Waals surface area contributed by atoms with Gasteiger partial charge in [0.1, 0.15) is 5.75 Å². The first-order valence-electron chi connectivity index (χ1n) is 11.5. The van der Waals surface area contributed by atoms with Gasteiger partial charge in [-0.3, -0.25) is 9.59 Å². The van der Waals surface area contributed by atoms with E-state index < -0.39 is 11.9 Å². The molecule has 2 amide bonds. The number of carbonyl (C=O) groups excluding carboxylic acids is 3. The summed E-state index contributed by atoms with van der Waals surface area (Å²) in [5.74, 6) is -1.19. The summed E-state index contributed by atoms with van der Waals surface area (Å²) < 4.78 is 5.44. The number of rotatable bonds is 8. The maximum atomic E-state index is 12.8. The van der Waals surface area contributed by atoms with Gasteiger partial charge in [0.05, 0.1) is 17.5 Å². The Hall–Kier alpha value is -5.01. The number of hydrogen-bond donors (Lipinski definition) is 2. The fourth-order valence-corrected chi connectivity index (χ4v) is 3.48. The molecule has 0 aliphatic heterocycles. The van der Waals surface area contributed by atoms with Gasteiger partial charge >= 0.3 is 5.97 Å². The molecule has 0 spiro atoms. The van der Waals surface area contributed by atoms with Crippen molar-refractivity contribution in [1.29, 1.82) is 0 Å². The number of anilines is 1. The highest BCUT2D eigenvalue weighted by molar-refractivity contribution is 6.30. The molecule has 0 heterocycles. The molecule has 0 aliphatic carbocycles. The molecule has 4 aromatic carbocycles. The Morgan fingerprint density at radius 3 is 2.24 bits per heavy atom. The van der Waals surface area contributed by atoms with Crippen molar-refractivity contribution < 1.29 is 19.1 Å². The first kappa shape index (κ1) is 26.1. The van der Waals surface area contributed by atoms with Crippen molar-refractivity contribution in [2.45, 2.75) is 0 Å². The summed E-state index contributed by atoms with van der Waals surface area (Å²) in [6.45, 7) is 0. The van der Waals surface area contributed by atoms with Crippen LogP contribution in [0, 0.1) is 0 Å². The van der Waals surface area contributed by atoms with Gasteiger partial charge in [-0.05, 0) is 60.2 Å². The number of halogens is 1. The van der Waals surface area contributed by atoms with E-state index in [2.05, 4.69) is 15.8 Å². The van der Waals surface area contributed by atoms with Gasteiger partial charge in [-0.15, -0.1) is 0 Å². The van der Waals surface area contributed by atoms with Crippen LogP contribution in [0.5, 0.6) is 5.75 Å². The lowest BCUT2D eigenvalue weighted by Crippen LogP contribution is -2.21. The predicted molar refractivity (Wildman–Crippen MR) is 148 cm³/mol. The maximum absolute atomic E-state index is 12.8. The van der Waals surface area contributed by atoms with E-state index in [0.29, 0.717) is 21.8 Å². The fraction of sp³-hybridized carbons (Fsp3) is 0. The van der Waals surface area contributed by atoms with Crippen LogP contribution in [0.1, 0.15) is 31.8 Å². The van der Waals surface area contributed by atoms with E-state index in [1.165, 1.54) is 12.3 Å². The molecule has 0 aromatic heterocycles. The molecule has 4 rings (SSSR count). The zero-order chi connectivity index (χ0) is 26.7. The number of carbonyl (C=O) groups is 3. The lowest BCUT2D eigenvalue weighted by atomic mass is 10.1. The number of ether oxygens (including phenoxy) is 1. The van der Waals surface area contributed by atoms with Crippen molar-refractivity contribution in [2.75, 3.05) is 5.32 Å². The number of benzene rings is 4. The largest absolute Gasteiger partial charge is 0.423 e. The Kier molecular flexibility index (Phi) is 8.78. The molecule has 2 N–H and O–H groups in total. The number of nitrogens with zero attached hydrogens (tertiary/aromatic N) is 1. The molecule has 38 heavy (non-hydrogen) atoms. The van der Waals surface area contributed by atoms with Crippen LogP contribution in [0.3, 0.4) is 0 Å². The summed E-state index contributed by atoms with van der Waals surface area (Å²) in [5, 5.41) is 7.25. The van der Waals surface area contributed by atoms with Gasteiger partial charge in [0.2, 0.25) is 0 Å². The number of nitrogens with one attached hydrogen (secondary N) is 2. The van der Waals surface area contributed by atoms with Crippen molar-refractivity contribution >= 4 is 47.4 Å². The standard InChI is InChI=1S/C30H22ClN3O4/c31-24-17-15-22(16-18-24)29(36)33-26-12-6-5-11-25(26)30(37)34-32-20-23-10-4-7-13-27(23)38-28(35)19-14-21-8-2-1-3-9-21/h1-20H,(H,33,36)(H,34,37)/b19-14+,32-20-. The molecule has 0 saturated heterocycles. The molecule has 0 atom stereocenters. The Balaban J connectivity index is 1.41. The first-order chi connectivity index (χ1) is 18.5. The average Bonchev–Trinajstić information content (AvgIpc) is 2.94. The lowest BCUT2D eigenvalue weighted by Gasteiger charge is -2.10. The van der Waals surface area contributed by atoms with E-state index >= 15 is 0 Å². The molecule has 0 fully saturated rings. The maximum Gasteiger partial charge on any atom is 0.336 e. The van der Waals surface area contributed by atoms with Gasteiger partial charge < -0.3 is 10.1 Å². The number of amides is 2. The fourth-order valence-electron chi connectivity index (χ4n) is 3.36. The van der Waals surface area contributed by atoms with Gasteiger partial charge in [0.25, 0.3) is 11.8 Å². The number of hydrogen-bond acceptors (Lipinski definition) is 5. The Morgan fingerprint density at radius 2 is 1.45 bits per heavy atom. The summed E-state index contributed by atoms with van der Waals surface area (Å²) in [7, 11) is 0. The van der Waals surface area contributed by atoms with Gasteiger partial charge in [-0.25, -0.2) is 10.2 Å². The van der Waals surface area contributed by atoms with E-state index in [1.54, 1.807) is 78.9 Å². The monoisotopic (exact) mass is 523 g/mol. The van der Waals surface area contributed by atoms with Crippen molar-refractivity contribution in [3.63, 3.8) is 0 Å². The van der Waals surface area contributed by atoms with Crippen LogP contribution in [-0.2, 0) is 4.79 Å². The smallest absolute Gasteiger partial charge is 0.336 e. The SMILES string of the molecule is O=C(/C=C/c1ccccc1)Oc1ccccc1/C=N\NC(=O)c1ccccc1NC(=O)c1ccc(Cl)cc1. The van der Waals surface area contributed by atoms with Crippen molar-refractivity contribution in [3.8, 4) is 5.75 Å². The molecule has 0 radical (unpaired) electrons. The summed E-state index contributed by atoms with van der Waals surface area (Å²) >= 11 is 5.88. The predicted octanol–water partition coefficient (Wildman–Crippen LogP) is 5.98. The highest BCUT2D eigenvalue weighted by Crippen LogP contribution is 2.19. The zero-order valence-corrected chi connectivity index (χ0v) is 20.8. The summed E-state index contributed by atoms with van der Waals surface area (Å²) in [6.07, 6.45) is 4.36. The molecule has 4 aromatic rings. The van der Waals surface area contributed by atoms with Gasteiger partial charge in [-0.2, -0.15) is 5.10 Å². The molecule has 0 saturated carbocycles. The lowest BCUT2D eigenvalue weighted by molar-refractivity contribution is -0.128. The normalized spacial score (nSPS) is 10.9. The van der Waals surface area contributed by atoms with E-state index in [0.717, 1.165) is 5.56 Å². The molecule has 0 unspecified atom stereocenters. The third-order valence-electron chi connectivity index (χ3n) is 5.24. The van der Waals surface area contributed by atoms with Crippen LogP contribution >= 0.6 is 11.6 Å². The Bertz CT molecular complexity index is 1500. The average molecular weight is 524 g/mol. The molecule has 188 valence electrons. The topological polar surface area (TPSA) is 96.9 Å². The number of esters is 1. The van der Waals surface area contributed by atoms with Crippen LogP contribution in [-0.4, -0.2) is 24.0 Å². The van der Waals surface area contributed by atoms with Gasteiger partial charge in [0.15, 0.2) is 0 Å². The van der Waals surface area contributed by atoms with E-state index in [-0.39, 0.29) is 17.2 Å². The van der Waals surface area contributed by atoms with Crippen LogP contribution in [0.2, 0.25) is 5.02 Å². The number of hydrazone groups is 1. The molecule has 8 heteroatoms. The minimum Gasteiger partial charge on any atom is -0.423 e. The van der Waals surface area contributed by atoms with Gasteiger partial charge in [0, 0.05) is 22.2 Å². The summed E-state index contributed by atoms with van der Waals surface area (Å²) in [6, 6.07) is 29.1. The van der Waals surface area contributed by atoms with Gasteiger partial charge in [-0.1, -0.05) is 66.2 Å².